The van der Waals surface area contributed by atoms with Gasteiger partial charge in [0.15, 0.2) is 0 Å². The molecule has 2 aromatic rings. The van der Waals surface area contributed by atoms with E-state index in [-0.39, 0.29) is 11.3 Å². The maximum Gasteiger partial charge on any atom is 0.255 e. The normalized spacial score (nSPS) is 10.5. The third kappa shape index (κ3) is 1.96. The molecule has 1 N–H and O–H groups in total. The Kier molecular flexibility index (Phi) is 2.37. The van der Waals surface area contributed by atoms with Gasteiger partial charge < -0.3 is 4.98 Å². The van der Waals surface area contributed by atoms with E-state index in [1.165, 1.54) is 0 Å². The highest BCUT2D eigenvalue weighted by molar-refractivity contribution is 5.84. The van der Waals surface area contributed by atoms with Crippen LogP contribution in [0.3, 0.4) is 0 Å². The summed E-state index contributed by atoms with van der Waals surface area (Å²) in [7, 11) is 0. The Balaban J connectivity index is 2.57. The zero-order valence-corrected chi connectivity index (χ0v) is 8.41. The van der Waals surface area contributed by atoms with Crippen molar-refractivity contribution in [3.63, 3.8) is 0 Å². The molecule has 0 saturated carbocycles. The third-order valence-corrected chi connectivity index (χ3v) is 2.29. The maximum absolute atomic E-state index is 11.4. The fourth-order valence-electron chi connectivity index (χ4n) is 1.64. The number of hydrogen-bond donors (Lipinski definition) is 1. The molecule has 1 heterocycles. The van der Waals surface area contributed by atoms with Crippen LogP contribution in [0.5, 0.6) is 0 Å². The molecule has 0 aliphatic rings. The Labute approximate surface area is 86.8 Å². The van der Waals surface area contributed by atoms with Crippen LogP contribution in [0, 0.1) is 0 Å². The number of nitrogens with one attached hydrogen (secondary N) is 1. The molecule has 0 radical (unpaired) electrons. The van der Waals surface area contributed by atoms with Gasteiger partial charge in [-0.2, -0.15) is 0 Å². The molecule has 0 aliphatic heterocycles. The van der Waals surface area contributed by atoms with Crippen LogP contribution in [0.1, 0.15) is 12.5 Å². The van der Waals surface area contributed by atoms with E-state index in [4.69, 9.17) is 0 Å². The minimum atomic E-state index is -0.0955. The highest BCUT2D eigenvalue weighted by Gasteiger charge is 2.01. The third-order valence-electron chi connectivity index (χ3n) is 2.29. The molecule has 3 nitrogen and oxygen atoms in total. The molecule has 1 aromatic heterocycles. The van der Waals surface area contributed by atoms with Crippen LogP contribution in [0.15, 0.2) is 35.3 Å². The lowest BCUT2D eigenvalue weighted by atomic mass is 10.1. The predicted molar refractivity (Wildman–Crippen MR) is 59.0 cm³/mol. The van der Waals surface area contributed by atoms with Crippen molar-refractivity contribution in [2.45, 2.75) is 13.3 Å². The Morgan fingerprint density at radius 2 is 2.13 bits per heavy atom. The number of fused-ring (bicyclic) bond motifs is 1. The summed E-state index contributed by atoms with van der Waals surface area (Å²) in [6.07, 6.45) is 2.03. The number of benzene rings is 1. The molecule has 0 atom stereocenters. The van der Waals surface area contributed by atoms with E-state index in [0.717, 1.165) is 10.9 Å². The first-order chi connectivity index (χ1) is 7.16. The minimum Gasteiger partial charge on any atom is -0.329 e. The summed E-state index contributed by atoms with van der Waals surface area (Å²) < 4.78 is 0. The average Bonchev–Trinajstić information content (AvgIpc) is 2.17. The topological polar surface area (TPSA) is 49.9 Å². The van der Waals surface area contributed by atoms with E-state index in [1.807, 2.05) is 18.2 Å². The number of pyridine rings is 1. The number of aromatic nitrogens is 1. The van der Waals surface area contributed by atoms with Gasteiger partial charge in [-0.1, -0.05) is 12.1 Å². The van der Waals surface area contributed by atoms with Gasteiger partial charge in [0.1, 0.15) is 5.78 Å². The van der Waals surface area contributed by atoms with Crippen molar-refractivity contribution in [3.05, 3.63) is 46.4 Å². The minimum absolute atomic E-state index is 0.0955. The summed E-state index contributed by atoms with van der Waals surface area (Å²) in [5, 5.41) is 1.53. The summed E-state index contributed by atoms with van der Waals surface area (Å²) in [5.74, 6) is 0.124. The lowest BCUT2D eigenvalue weighted by molar-refractivity contribution is -0.116. The average molecular weight is 201 g/mol. The number of Topliss-reactive ketones (excluding diaryl/α,β-unsaturated/α-hetero) is 1. The molecule has 15 heavy (non-hydrogen) atoms. The van der Waals surface area contributed by atoms with Gasteiger partial charge in [0.05, 0.1) is 0 Å². The van der Waals surface area contributed by atoms with Crippen molar-refractivity contribution in [3.8, 4) is 0 Å². The van der Waals surface area contributed by atoms with E-state index < -0.39 is 0 Å². The van der Waals surface area contributed by atoms with Crippen LogP contribution in [0.25, 0.3) is 10.8 Å². The van der Waals surface area contributed by atoms with Gasteiger partial charge in [-0.15, -0.1) is 0 Å². The van der Waals surface area contributed by atoms with E-state index in [2.05, 4.69) is 4.98 Å². The highest BCUT2D eigenvalue weighted by atomic mass is 16.1. The van der Waals surface area contributed by atoms with Crippen molar-refractivity contribution < 1.29 is 4.79 Å². The SMILES string of the molecule is CC(=O)Cc1ccc2c(=O)[nH]ccc2c1. The Morgan fingerprint density at radius 1 is 1.33 bits per heavy atom. The molecule has 0 unspecified atom stereocenters. The van der Waals surface area contributed by atoms with Crippen molar-refractivity contribution in [2.75, 3.05) is 0 Å². The molecule has 3 heteroatoms. The first-order valence-electron chi connectivity index (χ1n) is 4.76. The van der Waals surface area contributed by atoms with Crippen LogP contribution in [-0.2, 0) is 11.2 Å². The van der Waals surface area contributed by atoms with Crippen LogP contribution in [0.2, 0.25) is 0 Å². The number of H-pyrrole nitrogens is 1. The van der Waals surface area contributed by atoms with E-state index in [0.29, 0.717) is 11.8 Å². The standard InChI is InChI=1S/C12H11NO2/c1-8(14)6-9-2-3-11-10(7-9)4-5-13-12(11)15/h2-5,7H,6H2,1H3,(H,13,15). The van der Waals surface area contributed by atoms with Crippen LogP contribution < -0.4 is 5.56 Å². The first-order valence-corrected chi connectivity index (χ1v) is 4.76. The molecule has 76 valence electrons. The van der Waals surface area contributed by atoms with Gasteiger partial charge in [0.2, 0.25) is 0 Å². The fourth-order valence-corrected chi connectivity index (χ4v) is 1.64. The Bertz CT molecular complexity index is 569. The van der Waals surface area contributed by atoms with Crippen molar-refractivity contribution in [1.29, 1.82) is 0 Å². The molecule has 1 aromatic carbocycles. The van der Waals surface area contributed by atoms with Gasteiger partial charge in [-0.3, -0.25) is 9.59 Å². The summed E-state index contributed by atoms with van der Waals surface area (Å²) in [6.45, 7) is 1.56. The molecular formula is C12H11NO2. The second-order valence-electron chi connectivity index (χ2n) is 3.61. The molecule has 0 aliphatic carbocycles. The molecule has 0 bridgehead atoms. The number of rotatable bonds is 2. The van der Waals surface area contributed by atoms with Crippen LogP contribution in [0.4, 0.5) is 0 Å². The van der Waals surface area contributed by atoms with Gasteiger partial charge in [-0.25, -0.2) is 0 Å². The van der Waals surface area contributed by atoms with Crippen LogP contribution in [-0.4, -0.2) is 10.8 Å². The molecule has 0 spiro atoms. The van der Waals surface area contributed by atoms with Gasteiger partial charge >= 0.3 is 0 Å². The molecule has 0 amide bonds. The van der Waals surface area contributed by atoms with E-state index >= 15 is 0 Å². The highest BCUT2D eigenvalue weighted by Crippen LogP contribution is 2.12. The second-order valence-corrected chi connectivity index (χ2v) is 3.61. The number of hydrogen-bond acceptors (Lipinski definition) is 2. The predicted octanol–water partition coefficient (Wildman–Crippen LogP) is 1.66. The summed E-state index contributed by atoms with van der Waals surface area (Å²) in [6, 6.07) is 7.29. The van der Waals surface area contributed by atoms with E-state index in [9.17, 15) is 9.59 Å². The van der Waals surface area contributed by atoms with Gasteiger partial charge in [-0.05, 0) is 30.0 Å². The summed E-state index contributed by atoms with van der Waals surface area (Å²) >= 11 is 0. The maximum atomic E-state index is 11.4. The zero-order chi connectivity index (χ0) is 10.8. The largest absolute Gasteiger partial charge is 0.329 e. The van der Waals surface area contributed by atoms with Gasteiger partial charge in [0, 0.05) is 18.0 Å². The van der Waals surface area contributed by atoms with E-state index in [1.54, 1.807) is 19.2 Å². The lowest BCUT2D eigenvalue weighted by Gasteiger charge is -2.00. The molecule has 2 rings (SSSR count). The molecule has 0 saturated heterocycles. The number of carbonyl (C=O) groups excluding carboxylic acids is 1. The smallest absolute Gasteiger partial charge is 0.255 e. The molecular weight excluding hydrogens is 190 g/mol. The van der Waals surface area contributed by atoms with Crippen molar-refractivity contribution in [1.82, 2.24) is 4.98 Å². The fraction of sp³-hybridized carbons (Fsp3) is 0.167. The quantitative estimate of drug-likeness (QED) is 0.803. The van der Waals surface area contributed by atoms with Crippen molar-refractivity contribution >= 4 is 16.6 Å². The van der Waals surface area contributed by atoms with Gasteiger partial charge in [0.25, 0.3) is 5.56 Å². The molecule has 0 fully saturated rings. The first kappa shape index (κ1) is 9.65. The monoisotopic (exact) mass is 201 g/mol. The number of ketones is 1. The zero-order valence-electron chi connectivity index (χ0n) is 8.41. The summed E-state index contributed by atoms with van der Waals surface area (Å²) in [4.78, 5) is 24.9. The number of carbonyl (C=O) groups is 1. The Hall–Kier alpha value is -1.90. The Morgan fingerprint density at radius 3 is 2.87 bits per heavy atom. The number of aromatic amines is 1. The summed E-state index contributed by atoms with van der Waals surface area (Å²) in [5.41, 5.74) is 0.850. The second kappa shape index (κ2) is 3.69. The lowest BCUT2D eigenvalue weighted by Crippen LogP contribution is -2.05. The van der Waals surface area contributed by atoms with Crippen LogP contribution >= 0.6 is 0 Å². The van der Waals surface area contributed by atoms with Crippen molar-refractivity contribution in [2.24, 2.45) is 0 Å².